The lowest BCUT2D eigenvalue weighted by Gasteiger charge is -2.26. The van der Waals surface area contributed by atoms with E-state index in [2.05, 4.69) is 49.4 Å². The summed E-state index contributed by atoms with van der Waals surface area (Å²) in [5, 5.41) is 0. The molecule has 4 nitrogen and oxygen atoms in total. The van der Waals surface area contributed by atoms with Crippen molar-refractivity contribution in [2.24, 2.45) is 5.92 Å². The van der Waals surface area contributed by atoms with Gasteiger partial charge in [-0.1, -0.05) is 61.2 Å². The van der Waals surface area contributed by atoms with E-state index in [0.717, 1.165) is 31.8 Å². The summed E-state index contributed by atoms with van der Waals surface area (Å²) >= 11 is 1.94. The zero-order valence-electron chi connectivity index (χ0n) is 20.7. The number of aryl methyl sites for hydroxylation is 1. The van der Waals surface area contributed by atoms with Gasteiger partial charge in [0.25, 0.3) is 0 Å². The van der Waals surface area contributed by atoms with Gasteiger partial charge in [0.05, 0.1) is 6.61 Å². The van der Waals surface area contributed by atoms with Gasteiger partial charge >= 0.3 is 6.15 Å². The molecule has 3 aliphatic rings. The summed E-state index contributed by atoms with van der Waals surface area (Å²) in [5.41, 5.74) is 9.10. The van der Waals surface area contributed by atoms with Crippen LogP contribution >= 0.6 is 11.8 Å². The minimum absolute atomic E-state index is 0.00720. The summed E-state index contributed by atoms with van der Waals surface area (Å²) in [4.78, 5) is 17.6. The van der Waals surface area contributed by atoms with Gasteiger partial charge in [-0.2, -0.15) is 9.59 Å². The summed E-state index contributed by atoms with van der Waals surface area (Å²) in [6.45, 7) is 3.81. The maximum atomic E-state index is 8.12. The normalized spacial score (nSPS) is 20.1. The molecule has 0 aromatic heterocycles. The van der Waals surface area contributed by atoms with Crippen LogP contribution in [0.3, 0.4) is 0 Å². The second-order valence-corrected chi connectivity index (χ2v) is 10.8. The summed E-state index contributed by atoms with van der Waals surface area (Å²) < 4.78 is 11.7. The molecule has 1 heterocycles. The molecule has 0 amide bonds. The zero-order chi connectivity index (χ0) is 24.5. The number of allylic oxidation sites excluding steroid dienone is 2. The van der Waals surface area contributed by atoms with Crippen LogP contribution in [-0.2, 0) is 25.5 Å². The summed E-state index contributed by atoms with van der Waals surface area (Å²) in [6.07, 6.45) is 11.6. The van der Waals surface area contributed by atoms with Gasteiger partial charge in [-0.25, -0.2) is 0 Å². The highest BCUT2D eigenvalue weighted by Crippen LogP contribution is 2.48. The Labute approximate surface area is 213 Å². The van der Waals surface area contributed by atoms with Crippen LogP contribution in [0.2, 0.25) is 0 Å². The number of fused-ring (bicyclic) bond motifs is 1. The molecule has 5 heteroatoms. The highest BCUT2D eigenvalue weighted by Gasteiger charge is 2.30. The van der Waals surface area contributed by atoms with Crippen LogP contribution < -0.4 is 0 Å². The molecule has 2 fully saturated rings. The van der Waals surface area contributed by atoms with Crippen molar-refractivity contribution in [2.45, 2.75) is 75.9 Å². The number of benzene rings is 2. The molecule has 5 rings (SSSR count). The monoisotopic (exact) mass is 492 g/mol. The lowest BCUT2D eigenvalue weighted by molar-refractivity contribution is -0.191. The molecule has 186 valence electrons. The number of thioether (sulfide) groups is 1. The smallest absolute Gasteiger partial charge is 0.353 e. The van der Waals surface area contributed by atoms with E-state index in [1.54, 1.807) is 11.1 Å². The first-order chi connectivity index (χ1) is 17.2. The van der Waals surface area contributed by atoms with Crippen LogP contribution in [0.1, 0.15) is 73.6 Å². The third kappa shape index (κ3) is 6.74. The van der Waals surface area contributed by atoms with Crippen molar-refractivity contribution in [2.75, 3.05) is 19.0 Å². The van der Waals surface area contributed by atoms with E-state index in [4.69, 9.17) is 19.1 Å². The SMILES string of the molecule is Cc1ccc2c(c1)CC(c1ccccc1SCCOC1CCCCO1)=C2C1CCCCC1.O=C=O. The van der Waals surface area contributed by atoms with Crippen LogP contribution in [0.25, 0.3) is 11.1 Å². The topological polar surface area (TPSA) is 52.6 Å². The molecule has 1 aliphatic heterocycles. The van der Waals surface area contributed by atoms with Crippen molar-refractivity contribution in [1.82, 2.24) is 0 Å². The second-order valence-electron chi connectivity index (χ2n) is 9.66. The Morgan fingerprint density at radius 2 is 1.74 bits per heavy atom. The Balaban J connectivity index is 0.000000917. The average Bonchev–Trinajstić information content (AvgIpc) is 3.27. The summed E-state index contributed by atoms with van der Waals surface area (Å²) in [5.74, 6) is 1.68. The predicted molar refractivity (Wildman–Crippen MR) is 140 cm³/mol. The molecular formula is C30H36O4S. The van der Waals surface area contributed by atoms with Crippen molar-refractivity contribution in [3.8, 4) is 0 Å². The highest BCUT2D eigenvalue weighted by molar-refractivity contribution is 7.99. The lowest BCUT2D eigenvalue weighted by atomic mass is 9.79. The van der Waals surface area contributed by atoms with Crippen LogP contribution in [0.4, 0.5) is 0 Å². The fourth-order valence-corrected chi connectivity index (χ4v) is 6.61. The fraction of sp³-hybridized carbons (Fsp3) is 0.500. The number of rotatable bonds is 7. The standard InChI is InChI=1S/C29H36O2S.CO2/c1-21-14-15-24-23(19-21)20-26(29(24)22-9-3-2-4-10-22)25-11-5-6-12-27(25)32-18-17-31-28-13-7-8-16-30-28;2-1-3/h5-6,11-12,14-15,19,22,28H,2-4,7-10,13,16-18,20H2,1H3;. The Kier molecular flexibility index (Phi) is 9.79. The molecule has 0 radical (unpaired) electrons. The van der Waals surface area contributed by atoms with Crippen LogP contribution in [0.15, 0.2) is 47.4 Å². The Morgan fingerprint density at radius 3 is 2.51 bits per heavy atom. The Hall–Kier alpha value is -2.17. The quantitative estimate of drug-likeness (QED) is 0.305. The molecule has 1 unspecified atom stereocenters. The van der Waals surface area contributed by atoms with Gasteiger partial charge < -0.3 is 9.47 Å². The van der Waals surface area contributed by atoms with Crippen molar-refractivity contribution in [1.29, 1.82) is 0 Å². The van der Waals surface area contributed by atoms with E-state index >= 15 is 0 Å². The third-order valence-corrected chi connectivity index (χ3v) is 8.29. The molecule has 2 aromatic carbocycles. The van der Waals surface area contributed by atoms with E-state index < -0.39 is 0 Å². The molecule has 1 atom stereocenters. The average molecular weight is 493 g/mol. The molecule has 0 N–H and O–H groups in total. The molecule has 0 spiro atoms. The van der Waals surface area contributed by atoms with E-state index in [1.807, 2.05) is 11.8 Å². The first-order valence-electron chi connectivity index (χ1n) is 13.0. The minimum atomic E-state index is 0.00720. The largest absolute Gasteiger partial charge is 0.373 e. The van der Waals surface area contributed by atoms with E-state index in [0.29, 0.717) is 5.92 Å². The lowest BCUT2D eigenvalue weighted by Crippen LogP contribution is -2.23. The molecule has 1 saturated carbocycles. The van der Waals surface area contributed by atoms with Gasteiger partial charge in [0.15, 0.2) is 6.29 Å². The van der Waals surface area contributed by atoms with Gasteiger partial charge in [-0.05, 0) is 85.3 Å². The van der Waals surface area contributed by atoms with Crippen molar-refractivity contribution in [3.05, 3.63) is 64.7 Å². The highest BCUT2D eigenvalue weighted by atomic mass is 32.2. The van der Waals surface area contributed by atoms with Crippen LogP contribution in [0.5, 0.6) is 0 Å². The van der Waals surface area contributed by atoms with Gasteiger partial charge in [0.2, 0.25) is 0 Å². The minimum Gasteiger partial charge on any atom is -0.353 e. The third-order valence-electron chi connectivity index (χ3n) is 7.25. The molecule has 0 bridgehead atoms. The zero-order valence-corrected chi connectivity index (χ0v) is 21.5. The molecular weight excluding hydrogens is 456 g/mol. The van der Waals surface area contributed by atoms with E-state index in [9.17, 15) is 0 Å². The van der Waals surface area contributed by atoms with Crippen LogP contribution in [0, 0.1) is 12.8 Å². The predicted octanol–water partition coefficient (Wildman–Crippen LogP) is 7.09. The maximum Gasteiger partial charge on any atom is 0.373 e. The van der Waals surface area contributed by atoms with E-state index in [-0.39, 0.29) is 12.4 Å². The second kappa shape index (κ2) is 13.2. The maximum absolute atomic E-state index is 8.12. The molecule has 35 heavy (non-hydrogen) atoms. The van der Waals surface area contributed by atoms with Crippen LogP contribution in [-0.4, -0.2) is 31.4 Å². The Bertz CT molecular complexity index is 1040. The Morgan fingerprint density at radius 1 is 0.971 bits per heavy atom. The number of hydrogen-bond acceptors (Lipinski definition) is 5. The fourth-order valence-electron chi connectivity index (χ4n) is 5.69. The first-order valence-corrected chi connectivity index (χ1v) is 14.0. The van der Waals surface area contributed by atoms with Gasteiger partial charge in [-0.3, -0.25) is 0 Å². The molecule has 2 aromatic rings. The molecule has 1 saturated heterocycles. The number of carbonyl (C=O) groups excluding carboxylic acids is 2. The summed E-state index contributed by atoms with van der Waals surface area (Å²) in [6, 6.07) is 16.2. The first kappa shape index (κ1) is 25.9. The number of hydrogen-bond donors (Lipinski definition) is 0. The van der Waals surface area contributed by atoms with E-state index in [1.165, 1.54) is 72.1 Å². The molecule has 2 aliphatic carbocycles. The summed E-state index contributed by atoms with van der Waals surface area (Å²) in [7, 11) is 0. The van der Waals surface area contributed by atoms with Gasteiger partial charge in [0.1, 0.15) is 0 Å². The van der Waals surface area contributed by atoms with Crippen molar-refractivity contribution < 1.29 is 19.1 Å². The van der Waals surface area contributed by atoms with Crippen molar-refractivity contribution in [3.63, 3.8) is 0 Å². The van der Waals surface area contributed by atoms with Gasteiger partial charge in [-0.15, -0.1) is 11.8 Å². The van der Waals surface area contributed by atoms with Crippen molar-refractivity contribution >= 4 is 29.1 Å². The van der Waals surface area contributed by atoms with Gasteiger partial charge in [0, 0.05) is 17.3 Å². The number of ether oxygens (including phenoxy) is 2.